The van der Waals surface area contributed by atoms with Gasteiger partial charge in [0.15, 0.2) is 0 Å². The molecule has 0 spiro atoms. The number of hydrogen-bond acceptors (Lipinski definition) is 3. The third-order valence-corrected chi connectivity index (χ3v) is 5.23. The number of benzene rings is 1. The lowest BCUT2D eigenvalue weighted by atomic mass is 9.93. The second-order valence-corrected chi connectivity index (χ2v) is 7.09. The molecule has 0 bridgehead atoms. The summed E-state index contributed by atoms with van der Waals surface area (Å²) in [4.78, 5) is 0.286. The third-order valence-electron chi connectivity index (χ3n) is 3.72. The Morgan fingerprint density at radius 2 is 1.95 bits per heavy atom. The van der Waals surface area contributed by atoms with E-state index in [1.165, 1.54) is 0 Å². The van der Waals surface area contributed by atoms with Crippen LogP contribution in [-0.2, 0) is 14.8 Å². The van der Waals surface area contributed by atoms with Crippen LogP contribution in [0.15, 0.2) is 29.2 Å². The molecule has 0 amide bonds. The van der Waals surface area contributed by atoms with E-state index in [9.17, 15) is 8.42 Å². The monoisotopic (exact) mass is 307 g/mol. The summed E-state index contributed by atoms with van der Waals surface area (Å²) in [5, 5.41) is 0. The molecule has 0 radical (unpaired) electrons. The van der Waals surface area contributed by atoms with Crippen molar-refractivity contribution in [2.75, 3.05) is 6.61 Å². The number of ether oxygens (including phenoxy) is 1. The molecule has 4 nitrogen and oxygen atoms in total. The molecule has 1 fully saturated rings. The first-order valence-corrected chi connectivity index (χ1v) is 8.65. The maximum atomic E-state index is 12.4. The van der Waals surface area contributed by atoms with Crippen molar-refractivity contribution < 1.29 is 13.2 Å². The second-order valence-electron chi connectivity index (χ2n) is 5.38. The van der Waals surface area contributed by atoms with Crippen LogP contribution in [0.25, 0.3) is 0 Å². The maximum Gasteiger partial charge on any atom is 0.240 e. The van der Waals surface area contributed by atoms with Crippen LogP contribution in [0.4, 0.5) is 0 Å². The molecule has 0 aliphatic heterocycles. The topological polar surface area (TPSA) is 55.4 Å². The number of nitrogens with one attached hydrogen (secondary N) is 1. The molecule has 1 saturated carbocycles. The molecule has 1 aromatic carbocycles. The predicted molar refractivity (Wildman–Crippen MR) is 82.3 cm³/mol. The number of hydrogen-bond donors (Lipinski definition) is 1. The molecule has 1 aliphatic carbocycles. The van der Waals surface area contributed by atoms with Gasteiger partial charge in [-0.25, -0.2) is 13.1 Å². The van der Waals surface area contributed by atoms with Crippen LogP contribution in [0.1, 0.15) is 31.2 Å². The highest BCUT2D eigenvalue weighted by Crippen LogP contribution is 2.23. The summed E-state index contributed by atoms with van der Waals surface area (Å²) in [7, 11) is -3.52. The predicted octanol–water partition coefficient (Wildman–Crippen LogP) is 2.23. The minimum Gasteiger partial charge on any atom is -0.364 e. The van der Waals surface area contributed by atoms with Crippen molar-refractivity contribution in [2.24, 2.45) is 0 Å². The molecular weight excluding hydrogens is 286 g/mol. The van der Waals surface area contributed by atoms with Gasteiger partial charge >= 0.3 is 0 Å². The molecule has 0 saturated heterocycles. The molecular formula is C16H21NO3S. The minimum atomic E-state index is -3.52. The van der Waals surface area contributed by atoms with Crippen LogP contribution in [0.3, 0.4) is 0 Å². The summed E-state index contributed by atoms with van der Waals surface area (Å²) in [5.41, 5.74) is 1.03. The van der Waals surface area contributed by atoms with E-state index in [1.807, 2.05) is 6.92 Å². The fraction of sp³-hybridized carbons (Fsp3) is 0.500. The average Bonchev–Trinajstić information content (AvgIpc) is 2.46. The van der Waals surface area contributed by atoms with Crippen molar-refractivity contribution in [3.05, 3.63) is 29.8 Å². The molecule has 5 heteroatoms. The van der Waals surface area contributed by atoms with Gasteiger partial charge < -0.3 is 4.74 Å². The van der Waals surface area contributed by atoms with Gasteiger partial charge in [0, 0.05) is 6.04 Å². The number of rotatable bonds is 5. The van der Waals surface area contributed by atoms with E-state index >= 15 is 0 Å². The van der Waals surface area contributed by atoms with Gasteiger partial charge in [0.1, 0.15) is 6.61 Å². The highest BCUT2D eigenvalue weighted by molar-refractivity contribution is 7.89. The van der Waals surface area contributed by atoms with E-state index in [2.05, 4.69) is 10.6 Å². The van der Waals surface area contributed by atoms with Gasteiger partial charge in [-0.1, -0.05) is 36.5 Å². The Labute approximate surface area is 126 Å². The van der Waals surface area contributed by atoms with Crippen LogP contribution in [0.5, 0.6) is 0 Å². The fourth-order valence-electron chi connectivity index (χ4n) is 2.57. The molecule has 1 aliphatic rings. The summed E-state index contributed by atoms with van der Waals surface area (Å²) in [5.74, 6) is 2.44. The van der Waals surface area contributed by atoms with Gasteiger partial charge in [0.25, 0.3) is 0 Å². The SMILES string of the molecule is C#CCO[C@@H]1CCCC[C@H]1NS(=O)(=O)c1ccc(C)cc1. The molecule has 1 aromatic rings. The zero-order valence-corrected chi connectivity index (χ0v) is 13.0. The lowest BCUT2D eigenvalue weighted by Crippen LogP contribution is -2.46. The molecule has 2 atom stereocenters. The van der Waals surface area contributed by atoms with Crippen molar-refractivity contribution in [1.29, 1.82) is 0 Å². The van der Waals surface area contributed by atoms with Gasteiger partial charge in [-0.2, -0.15) is 0 Å². The van der Waals surface area contributed by atoms with E-state index < -0.39 is 10.0 Å². The van der Waals surface area contributed by atoms with E-state index in [0.29, 0.717) is 0 Å². The highest BCUT2D eigenvalue weighted by atomic mass is 32.2. The summed E-state index contributed by atoms with van der Waals surface area (Å²) < 4.78 is 33.2. The Morgan fingerprint density at radius 3 is 2.62 bits per heavy atom. The summed E-state index contributed by atoms with van der Waals surface area (Å²) in [6.07, 6.45) is 8.72. The Morgan fingerprint density at radius 1 is 1.29 bits per heavy atom. The average molecular weight is 307 g/mol. The van der Waals surface area contributed by atoms with Crippen LogP contribution in [-0.4, -0.2) is 27.2 Å². The quantitative estimate of drug-likeness (QED) is 0.849. The summed E-state index contributed by atoms with van der Waals surface area (Å²) in [6.45, 7) is 2.14. The van der Waals surface area contributed by atoms with Gasteiger partial charge in [-0.05, 0) is 31.9 Å². The smallest absolute Gasteiger partial charge is 0.240 e. The third kappa shape index (κ3) is 4.31. The molecule has 21 heavy (non-hydrogen) atoms. The molecule has 114 valence electrons. The van der Waals surface area contributed by atoms with Gasteiger partial charge in [0.2, 0.25) is 10.0 Å². The van der Waals surface area contributed by atoms with E-state index in [4.69, 9.17) is 11.2 Å². The van der Waals surface area contributed by atoms with Crippen LogP contribution < -0.4 is 4.72 Å². The van der Waals surface area contributed by atoms with E-state index in [0.717, 1.165) is 31.2 Å². The van der Waals surface area contributed by atoms with E-state index in [-0.39, 0.29) is 23.6 Å². The molecule has 0 unspecified atom stereocenters. The number of terminal acetylenes is 1. The van der Waals surface area contributed by atoms with Gasteiger partial charge in [-0.15, -0.1) is 6.42 Å². The fourth-order valence-corrected chi connectivity index (χ4v) is 3.87. The standard InChI is InChI=1S/C16H21NO3S/c1-3-12-20-16-7-5-4-6-15(16)17-21(18,19)14-10-8-13(2)9-11-14/h1,8-11,15-17H,4-7,12H2,2H3/t15-,16-/m1/s1. The molecule has 0 aromatic heterocycles. The van der Waals surface area contributed by atoms with Crippen LogP contribution in [0, 0.1) is 19.3 Å². The first-order valence-electron chi connectivity index (χ1n) is 7.17. The molecule has 2 rings (SSSR count). The Kier molecular flexibility index (Phi) is 5.40. The van der Waals surface area contributed by atoms with Gasteiger partial charge in [-0.3, -0.25) is 0 Å². The number of sulfonamides is 1. The lowest BCUT2D eigenvalue weighted by Gasteiger charge is -2.31. The first kappa shape index (κ1) is 16.0. The Balaban J connectivity index is 2.10. The summed E-state index contributed by atoms with van der Waals surface area (Å²) >= 11 is 0. The normalized spacial score (nSPS) is 22.7. The van der Waals surface area contributed by atoms with Crippen molar-refractivity contribution in [3.63, 3.8) is 0 Å². The Hall–Kier alpha value is -1.35. The van der Waals surface area contributed by atoms with Crippen LogP contribution >= 0.6 is 0 Å². The zero-order chi connectivity index (χ0) is 15.3. The zero-order valence-electron chi connectivity index (χ0n) is 12.2. The molecule has 1 N–H and O–H groups in total. The van der Waals surface area contributed by atoms with Gasteiger partial charge in [0.05, 0.1) is 11.0 Å². The Bertz CT molecular complexity index is 601. The molecule has 0 heterocycles. The van der Waals surface area contributed by atoms with Crippen molar-refractivity contribution in [3.8, 4) is 12.3 Å². The lowest BCUT2D eigenvalue weighted by molar-refractivity contribution is 0.0301. The first-order chi connectivity index (χ1) is 10.0. The van der Waals surface area contributed by atoms with Crippen molar-refractivity contribution in [1.82, 2.24) is 4.72 Å². The second kappa shape index (κ2) is 7.08. The summed E-state index contributed by atoms with van der Waals surface area (Å²) in [6, 6.07) is 6.62. The van der Waals surface area contributed by atoms with Crippen molar-refractivity contribution in [2.45, 2.75) is 49.6 Å². The largest absolute Gasteiger partial charge is 0.364 e. The number of aryl methyl sites for hydroxylation is 1. The highest BCUT2D eigenvalue weighted by Gasteiger charge is 2.30. The van der Waals surface area contributed by atoms with Crippen molar-refractivity contribution >= 4 is 10.0 Å². The minimum absolute atomic E-state index is 0.143. The van der Waals surface area contributed by atoms with E-state index in [1.54, 1.807) is 24.3 Å². The maximum absolute atomic E-state index is 12.4. The van der Waals surface area contributed by atoms with Crippen LogP contribution in [0.2, 0.25) is 0 Å².